The first-order valence-corrected chi connectivity index (χ1v) is 10.2. The van der Waals surface area contributed by atoms with Crippen LogP contribution in [0.25, 0.3) is 0 Å². The lowest BCUT2D eigenvalue weighted by molar-refractivity contribution is 0.0746. The van der Waals surface area contributed by atoms with E-state index in [1.54, 1.807) is 17.0 Å². The predicted octanol–water partition coefficient (Wildman–Crippen LogP) is 2.71. The number of para-hydroxylation sites is 1. The Bertz CT molecular complexity index is 891. The molecule has 1 aliphatic heterocycles. The Morgan fingerprint density at radius 2 is 1.68 bits per heavy atom. The summed E-state index contributed by atoms with van der Waals surface area (Å²) >= 11 is 6.23. The third-order valence-corrected chi connectivity index (χ3v) is 5.70. The van der Waals surface area contributed by atoms with E-state index >= 15 is 0 Å². The van der Waals surface area contributed by atoms with E-state index in [0.717, 1.165) is 11.9 Å². The zero-order valence-electron chi connectivity index (χ0n) is 13.9. The third kappa shape index (κ3) is 3.96. The van der Waals surface area contributed by atoms with Gasteiger partial charge in [0.1, 0.15) is 0 Å². The molecule has 0 unspecified atom stereocenters. The molecule has 0 atom stereocenters. The number of carbonyl (C=O) groups is 1. The number of carbonyl (C=O) groups excluding carboxylic acids is 1. The minimum Gasteiger partial charge on any atom is -0.367 e. The Hall–Kier alpha value is -2.05. The smallest absolute Gasteiger partial charge is 0.254 e. The second-order valence-electron chi connectivity index (χ2n) is 6.03. The Morgan fingerprint density at radius 3 is 2.32 bits per heavy atom. The van der Waals surface area contributed by atoms with Crippen LogP contribution >= 0.6 is 11.6 Å². The van der Waals surface area contributed by atoms with Gasteiger partial charge in [-0.3, -0.25) is 4.79 Å². The lowest BCUT2D eigenvalue weighted by atomic mass is 10.1. The van der Waals surface area contributed by atoms with E-state index in [9.17, 15) is 13.2 Å². The number of anilines is 1. The van der Waals surface area contributed by atoms with Gasteiger partial charge >= 0.3 is 0 Å². The Balaban J connectivity index is 1.71. The summed E-state index contributed by atoms with van der Waals surface area (Å²) in [7, 11) is -3.33. The molecule has 1 amide bonds. The topological polar surface area (TPSA) is 57.7 Å². The van der Waals surface area contributed by atoms with Crippen LogP contribution in [0, 0.1) is 0 Å². The van der Waals surface area contributed by atoms with Crippen molar-refractivity contribution in [1.29, 1.82) is 0 Å². The fraction of sp³-hybridized carbons (Fsp3) is 0.278. The van der Waals surface area contributed by atoms with E-state index in [0.29, 0.717) is 36.8 Å². The molecule has 7 heteroatoms. The van der Waals surface area contributed by atoms with Gasteiger partial charge in [0.15, 0.2) is 9.84 Å². The number of nitrogens with zero attached hydrogens (tertiary/aromatic N) is 2. The summed E-state index contributed by atoms with van der Waals surface area (Å²) in [5, 5.41) is 0.697. The molecule has 3 rings (SSSR count). The number of rotatable bonds is 3. The predicted molar refractivity (Wildman–Crippen MR) is 99.1 cm³/mol. The zero-order chi connectivity index (χ0) is 18.0. The van der Waals surface area contributed by atoms with Crippen LogP contribution in [0.1, 0.15) is 10.4 Å². The summed E-state index contributed by atoms with van der Waals surface area (Å²) in [5.41, 5.74) is 1.37. The van der Waals surface area contributed by atoms with Gasteiger partial charge in [-0.25, -0.2) is 8.42 Å². The van der Waals surface area contributed by atoms with Crippen molar-refractivity contribution < 1.29 is 13.2 Å². The van der Waals surface area contributed by atoms with Gasteiger partial charge in [0.25, 0.3) is 5.91 Å². The van der Waals surface area contributed by atoms with E-state index in [-0.39, 0.29) is 10.8 Å². The van der Waals surface area contributed by atoms with Crippen LogP contribution in [-0.4, -0.2) is 51.7 Å². The molecule has 0 aliphatic carbocycles. The van der Waals surface area contributed by atoms with Crippen molar-refractivity contribution in [3.63, 3.8) is 0 Å². The first-order chi connectivity index (χ1) is 11.9. The monoisotopic (exact) mass is 378 g/mol. The van der Waals surface area contributed by atoms with Crippen LogP contribution in [0.3, 0.4) is 0 Å². The fourth-order valence-corrected chi connectivity index (χ4v) is 3.82. The van der Waals surface area contributed by atoms with Crippen molar-refractivity contribution in [2.45, 2.75) is 4.90 Å². The maximum Gasteiger partial charge on any atom is 0.254 e. The molecular weight excluding hydrogens is 360 g/mol. The molecule has 0 N–H and O–H groups in total. The van der Waals surface area contributed by atoms with Crippen molar-refractivity contribution in [1.82, 2.24) is 4.90 Å². The second-order valence-corrected chi connectivity index (χ2v) is 8.45. The van der Waals surface area contributed by atoms with E-state index < -0.39 is 9.84 Å². The van der Waals surface area contributed by atoms with Crippen LogP contribution in [-0.2, 0) is 9.84 Å². The molecular formula is C18H19ClN2O3S. The van der Waals surface area contributed by atoms with Crippen LogP contribution in [0.15, 0.2) is 53.4 Å². The highest BCUT2D eigenvalue weighted by atomic mass is 35.5. The maximum atomic E-state index is 12.7. The van der Waals surface area contributed by atoms with E-state index in [1.807, 2.05) is 24.3 Å². The molecule has 0 spiro atoms. The van der Waals surface area contributed by atoms with Crippen molar-refractivity contribution >= 4 is 33.0 Å². The largest absolute Gasteiger partial charge is 0.367 e. The molecule has 0 aromatic heterocycles. The van der Waals surface area contributed by atoms with Gasteiger partial charge in [-0.1, -0.05) is 29.8 Å². The molecule has 2 aromatic carbocycles. The van der Waals surface area contributed by atoms with Gasteiger partial charge in [0, 0.05) is 38.0 Å². The minimum atomic E-state index is -3.33. The Morgan fingerprint density at radius 1 is 1.00 bits per heavy atom. The normalized spacial score (nSPS) is 15.3. The molecule has 1 heterocycles. The van der Waals surface area contributed by atoms with Crippen LogP contribution in [0.2, 0.25) is 5.02 Å². The van der Waals surface area contributed by atoms with Gasteiger partial charge in [0.2, 0.25) is 0 Å². The van der Waals surface area contributed by atoms with E-state index in [4.69, 9.17) is 11.6 Å². The Kier molecular flexibility index (Phi) is 5.01. The number of benzene rings is 2. The van der Waals surface area contributed by atoms with Crippen LogP contribution < -0.4 is 4.90 Å². The van der Waals surface area contributed by atoms with Crippen molar-refractivity contribution in [3.8, 4) is 0 Å². The quantitative estimate of drug-likeness (QED) is 0.824. The number of hydrogen-bond donors (Lipinski definition) is 0. The lowest BCUT2D eigenvalue weighted by Crippen LogP contribution is -2.48. The number of hydrogen-bond acceptors (Lipinski definition) is 4. The standard InChI is InChI=1S/C18H19ClN2O3S/c1-25(23,24)15-6-4-5-14(13-15)18(22)21-11-9-20(10-12-21)17-8-3-2-7-16(17)19/h2-8,13H,9-12H2,1H3. The minimum absolute atomic E-state index is 0.149. The molecule has 132 valence electrons. The third-order valence-electron chi connectivity index (χ3n) is 4.27. The number of amides is 1. The van der Waals surface area contributed by atoms with Gasteiger partial charge in [-0.05, 0) is 30.3 Å². The number of halogens is 1. The summed E-state index contributed by atoms with van der Waals surface area (Å²) in [5.74, 6) is -0.149. The van der Waals surface area contributed by atoms with Gasteiger partial charge < -0.3 is 9.80 Å². The summed E-state index contributed by atoms with van der Waals surface area (Å²) in [6.45, 7) is 2.49. The average Bonchev–Trinajstić information content (AvgIpc) is 2.61. The maximum absolute atomic E-state index is 12.7. The molecule has 0 saturated carbocycles. The fourth-order valence-electron chi connectivity index (χ4n) is 2.90. The zero-order valence-corrected chi connectivity index (χ0v) is 15.4. The molecule has 1 fully saturated rings. The molecule has 0 radical (unpaired) electrons. The SMILES string of the molecule is CS(=O)(=O)c1cccc(C(=O)N2CCN(c3ccccc3Cl)CC2)c1. The van der Waals surface area contributed by atoms with Crippen molar-refractivity contribution in [2.75, 3.05) is 37.3 Å². The second kappa shape index (κ2) is 7.06. The Labute approximate surface area is 152 Å². The first-order valence-electron chi connectivity index (χ1n) is 7.95. The molecule has 2 aromatic rings. The van der Waals surface area contributed by atoms with Gasteiger partial charge in [-0.2, -0.15) is 0 Å². The molecule has 1 aliphatic rings. The summed E-state index contributed by atoms with van der Waals surface area (Å²) in [6.07, 6.45) is 1.14. The summed E-state index contributed by atoms with van der Waals surface area (Å²) in [4.78, 5) is 16.7. The van der Waals surface area contributed by atoms with Crippen molar-refractivity contribution in [3.05, 3.63) is 59.1 Å². The van der Waals surface area contributed by atoms with Crippen molar-refractivity contribution in [2.24, 2.45) is 0 Å². The summed E-state index contributed by atoms with van der Waals surface area (Å²) in [6, 6.07) is 13.8. The molecule has 25 heavy (non-hydrogen) atoms. The highest BCUT2D eigenvalue weighted by Crippen LogP contribution is 2.26. The van der Waals surface area contributed by atoms with Crippen LogP contribution in [0.4, 0.5) is 5.69 Å². The van der Waals surface area contributed by atoms with E-state index in [2.05, 4.69) is 4.90 Å². The first kappa shape index (κ1) is 17.8. The molecule has 1 saturated heterocycles. The van der Waals surface area contributed by atoms with Gasteiger partial charge in [0.05, 0.1) is 15.6 Å². The summed E-state index contributed by atoms with van der Waals surface area (Å²) < 4.78 is 23.3. The number of sulfone groups is 1. The van der Waals surface area contributed by atoms with E-state index in [1.165, 1.54) is 12.1 Å². The average molecular weight is 379 g/mol. The highest BCUT2D eigenvalue weighted by Gasteiger charge is 2.23. The lowest BCUT2D eigenvalue weighted by Gasteiger charge is -2.36. The highest BCUT2D eigenvalue weighted by molar-refractivity contribution is 7.90. The molecule has 5 nitrogen and oxygen atoms in total. The number of piperazine rings is 1. The van der Waals surface area contributed by atoms with Crippen LogP contribution in [0.5, 0.6) is 0 Å². The van der Waals surface area contributed by atoms with Gasteiger partial charge in [-0.15, -0.1) is 0 Å². The molecule has 0 bridgehead atoms.